The molecule has 64 valence electrons. The van der Waals surface area contributed by atoms with Gasteiger partial charge < -0.3 is 4.74 Å². The molecule has 12 heavy (non-hydrogen) atoms. The first-order chi connectivity index (χ1) is 5.66. The van der Waals surface area contributed by atoms with Crippen molar-refractivity contribution in [2.75, 3.05) is 0 Å². The molecule has 0 aromatic carbocycles. The van der Waals surface area contributed by atoms with Gasteiger partial charge in [-0.25, -0.2) is 9.59 Å². The van der Waals surface area contributed by atoms with E-state index < -0.39 is 11.9 Å². The Morgan fingerprint density at radius 3 is 2.42 bits per heavy atom. The molecule has 0 atom stereocenters. The average Bonchev–Trinajstić information content (AvgIpc) is 2.25. The molecular formula is C9H10O3. The third-order valence-corrected chi connectivity index (χ3v) is 1.75. The number of esters is 2. The van der Waals surface area contributed by atoms with E-state index in [9.17, 15) is 9.59 Å². The first-order valence-corrected chi connectivity index (χ1v) is 3.74. The van der Waals surface area contributed by atoms with Gasteiger partial charge in [0.1, 0.15) is 0 Å². The molecule has 0 N–H and O–H groups in total. The average molecular weight is 166 g/mol. The molecule has 1 heterocycles. The lowest BCUT2D eigenvalue weighted by Gasteiger charge is -1.91. The molecule has 3 heteroatoms. The standard InChI is InChI=1S/C9H10O3/c1-3-4-5-7-6(2)8(10)12-9(7)11/h3-4H,5H2,1-2H3. The van der Waals surface area contributed by atoms with Crippen LogP contribution in [0, 0.1) is 0 Å². The molecule has 0 amide bonds. The fraction of sp³-hybridized carbons (Fsp3) is 0.333. The molecule has 0 saturated carbocycles. The van der Waals surface area contributed by atoms with E-state index in [1.54, 1.807) is 6.92 Å². The molecule has 0 spiro atoms. The Hall–Kier alpha value is -1.38. The van der Waals surface area contributed by atoms with Crippen molar-refractivity contribution < 1.29 is 14.3 Å². The molecular weight excluding hydrogens is 156 g/mol. The van der Waals surface area contributed by atoms with Crippen molar-refractivity contribution in [3.63, 3.8) is 0 Å². The number of hydrogen-bond donors (Lipinski definition) is 0. The Morgan fingerprint density at radius 1 is 1.33 bits per heavy atom. The van der Waals surface area contributed by atoms with E-state index in [1.165, 1.54) is 0 Å². The number of ether oxygens (including phenoxy) is 1. The summed E-state index contributed by atoms with van der Waals surface area (Å²) in [5.74, 6) is -1.02. The van der Waals surface area contributed by atoms with Crippen molar-refractivity contribution >= 4 is 11.9 Å². The molecule has 0 aliphatic carbocycles. The second kappa shape index (κ2) is 3.34. The van der Waals surface area contributed by atoms with Crippen LogP contribution in [0.4, 0.5) is 0 Å². The van der Waals surface area contributed by atoms with Gasteiger partial charge in [-0.05, 0) is 20.3 Å². The Balaban J connectivity index is 2.85. The van der Waals surface area contributed by atoms with Gasteiger partial charge in [0, 0.05) is 5.57 Å². The summed E-state index contributed by atoms with van der Waals surface area (Å²) < 4.78 is 4.40. The molecule has 0 radical (unpaired) electrons. The number of rotatable bonds is 2. The smallest absolute Gasteiger partial charge is 0.342 e. The zero-order chi connectivity index (χ0) is 9.14. The fourth-order valence-electron chi connectivity index (χ4n) is 0.971. The van der Waals surface area contributed by atoms with Gasteiger partial charge in [0.05, 0.1) is 5.57 Å². The van der Waals surface area contributed by atoms with Crippen LogP contribution in [0.5, 0.6) is 0 Å². The number of carbonyl (C=O) groups excluding carboxylic acids is 2. The number of allylic oxidation sites excluding steroid dienone is 2. The molecule has 3 nitrogen and oxygen atoms in total. The Labute approximate surface area is 70.7 Å². The van der Waals surface area contributed by atoms with Crippen molar-refractivity contribution in [1.29, 1.82) is 0 Å². The van der Waals surface area contributed by atoms with E-state index >= 15 is 0 Å². The molecule has 0 fully saturated rings. The fourth-order valence-corrected chi connectivity index (χ4v) is 0.971. The molecule has 1 aliphatic heterocycles. The van der Waals surface area contributed by atoms with Crippen LogP contribution in [0.2, 0.25) is 0 Å². The largest absolute Gasteiger partial charge is 0.386 e. The molecule has 0 aromatic rings. The first kappa shape index (κ1) is 8.71. The summed E-state index contributed by atoms with van der Waals surface area (Å²) in [5, 5.41) is 0. The van der Waals surface area contributed by atoms with Gasteiger partial charge >= 0.3 is 11.9 Å². The van der Waals surface area contributed by atoms with Crippen LogP contribution in [-0.2, 0) is 14.3 Å². The second-order valence-electron chi connectivity index (χ2n) is 2.55. The van der Waals surface area contributed by atoms with Crippen LogP contribution in [0.3, 0.4) is 0 Å². The van der Waals surface area contributed by atoms with E-state index in [4.69, 9.17) is 0 Å². The zero-order valence-corrected chi connectivity index (χ0v) is 7.09. The lowest BCUT2D eigenvalue weighted by atomic mass is 10.1. The molecule has 1 rings (SSSR count). The predicted octanol–water partition coefficient (Wildman–Crippen LogP) is 1.35. The third-order valence-electron chi connectivity index (χ3n) is 1.75. The van der Waals surface area contributed by atoms with Gasteiger partial charge in [-0.3, -0.25) is 0 Å². The number of cyclic esters (lactones) is 2. The Kier molecular flexibility index (Phi) is 2.43. The highest BCUT2D eigenvalue weighted by Crippen LogP contribution is 2.19. The number of carbonyl (C=O) groups is 2. The molecule has 0 unspecified atom stereocenters. The number of hydrogen-bond acceptors (Lipinski definition) is 3. The van der Waals surface area contributed by atoms with Crippen LogP contribution >= 0.6 is 0 Å². The minimum atomic E-state index is -0.514. The summed E-state index contributed by atoms with van der Waals surface area (Å²) in [4.78, 5) is 21.8. The highest BCUT2D eigenvalue weighted by Gasteiger charge is 2.28. The maximum Gasteiger partial charge on any atom is 0.342 e. The molecule has 0 aromatic heterocycles. The zero-order valence-electron chi connectivity index (χ0n) is 7.09. The van der Waals surface area contributed by atoms with Crippen LogP contribution in [-0.4, -0.2) is 11.9 Å². The first-order valence-electron chi connectivity index (χ1n) is 3.74. The van der Waals surface area contributed by atoms with Gasteiger partial charge in [-0.2, -0.15) is 0 Å². The van der Waals surface area contributed by atoms with Crippen molar-refractivity contribution in [3.05, 3.63) is 23.3 Å². The van der Waals surface area contributed by atoms with Crippen molar-refractivity contribution in [2.45, 2.75) is 20.3 Å². The monoisotopic (exact) mass is 166 g/mol. The SMILES string of the molecule is CC=CCC1=C(C)C(=O)OC1=O. The molecule has 0 bridgehead atoms. The maximum absolute atomic E-state index is 11.0. The quantitative estimate of drug-likeness (QED) is 0.353. The van der Waals surface area contributed by atoms with Gasteiger partial charge in [-0.15, -0.1) is 0 Å². The van der Waals surface area contributed by atoms with Gasteiger partial charge in [0.2, 0.25) is 0 Å². The van der Waals surface area contributed by atoms with Crippen LogP contribution < -0.4 is 0 Å². The maximum atomic E-state index is 11.0. The second-order valence-corrected chi connectivity index (χ2v) is 2.55. The topological polar surface area (TPSA) is 43.4 Å². The Bertz CT molecular complexity index is 284. The van der Waals surface area contributed by atoms with E-state index in [2.05, 4.69) is 4.74 Å². The van der Waals surface area contributed by atoms with E-state index in [0.717, 1.165) is 0 Å². The minimum absolute atomic E-state index is 0.429. The van der Waals surface area contributed by atoms with E-state index in [1.807, 2.05) is 19.1 Å². The summed E-state index contributed by atoms with van der Waals surface area (Å²) in [6.07, 6.45) is 4.13. The summed E-state index contributed by atoms with van der Waals surface area (Å²) in [7, 11) is 0. The lowest BCUT2D eigenvalue weighted by Crippen LogP contribution is -2.01. The van der Waals surface area contributed by atoms with Gasteiger partial charge in [-0.1, -0.05) is 12.2 Å². The highest BCUT2D eigenvalue weighted by atomic mass is 16.6. The highest BCUT2D eigenvalue weighted by molar-refractivity contribution is 6.12. The molecule has 1 aliphatic rings. The summed E-state index contributed by atoms with van der Waals surface area (Å²) >= 11 is 0. The van der Waals surface area contributed by atoms with E-state index in [-0.39, 0.29) is 0 Å². The van der Waals surface area contributed by atoms with Crippen LogP contribution in [0.1, 0.15) is 20.3 Å². The van der Waals surface area contributed by atoms with Crippen LogP contribution in [0.15, 0.2) is 23.3 Å². The van der Waals surface area contributed by atoms with E-state index in [0.29, 0.717) is 17.6 Å². The molecule has 0 saturated heterocycles. The van der Waals surface area contributed by atoms with Crippen molar-refractivity contribution in [2.24, 2.45) is 0 Å². The third kappa shape index (κ3) is 1.44. The Morgan fingerprint density at radius 2 is 2.00 bits per heavy atom. The van der Waals surface area contributed by atoms with Crippen LogP contribution in [0.25, 0.3) is 0 Å². The summed E-state index contributed by atoms with van der Waals surface area (Å²) in [6.45, 7) is 3.46. The van der Waals surface area contributed by atoms with Gasteiger partial charge in [0.15, 0.2) is 0 Å². The summed E-state index contributed by atoms with van der Waals surface area (Å²) in [5.41, 5.74) is 0.899. The minimum Gasteiger partial charge on any atom is -0.386 e. The normalized spacial score (nSPS) is 17.8. The van der Waals surface area contributed by atoms with Crippen molar-refractivity contribution in [1.82, 2.24) is 0 Å². The van der Waals surface area contributed by atoms with Crippen molar-refractivity contribution in [3.8, 4) is 0 Å². The summed E-state index contributed by atoms with van der Waals surface area (Å²) in [6, 6.07) is 0. The predicted molar refractivity (Wildman–Crippen MR) is 43.2 cm³/mol. The van der Waals surface area contributed by atoms with Gasteiger partial charge in [0.25, 0.3) is 0 Å². The lowest BCUT2D eigenvalue weighted by molar-refractivity contribution is -0.151.